The smallest absolute Gasteiger partial charge is 0.173 e. The topological polar surface area (TPSA) is 37.8 Å². The minimum Gasteiger partial charge on any atom is -0.372 e. The number of nitrogens with one attached hydrogen (secondary N) is 1. The standard InChI is InChI=1S/C15H11BrIN3S/c1-18-14-11(17)12(9-5-3-2-4-6-9)19-15(20-14)13-10(16)7-8-21-13/h2-8H,1H3,(H,18,19,20). The Balaban J connectivity index is 2.23. The van der Waals surface area contributed by atoms with E-state index in [1.54, 1.807) is 11.3 Å². The number of rotatable bonds is 3. The highest BCUT2D eigenvalue weighted by atomic mass is 127. The van der Waals surface area contributed by atoms with Crippen LogP contribution in [0.5, 0.6) is 0 Å². The summed E-state index contributed by atoms with van der Waals surface area (Å²) >= 11 is 7.48. The second-order valence-electron chi connectivity index (χ2n) is 4.27. The molecule has 3 nitrogen and oxygen atoms in total. The highest BCUT2D eigenvalue weighted by Gasteiger charge is 2.16. The highest BCUT2D eigenvalue weighted by molar-refractivity contribution is 14.1. The van der Waals surface area contributed by atoms with Crippen LogP contribution < -0.4 is 5.32 Å². The molecule has 6 heteroatoms. The average molecular weight is 472 g/mol. The summed E-state index contributed by atoms with van der Waals surface area (Å²) in [6, 6.07) is 12.2. The lowest BCUT2D eigenvalue weighted by Crippen LogP contribution is -2.02. The van der Waals surface area contributed by atoms with Crippen molar-refractivity contribution in [3.05, 3.63) is 49.8 Å². The molecule has 0 radical (unpaired) electrons. The first-order valence-electron chi connectivity index (χ1n) is 6.24. The summed E-state index contributed by atoms with van der Waals surface area (Å²) in [5.74, 6) is 1.58. The SMILES string of the molecule is CNc1nc(-c2sccc2Br)nc(-c2ccccc2)c1I. The molecule has 0 aliphatic carbocycles. The molecule has 1 N–H and O–H groups in total. The number of hydrogen-bond donors (Lipinski definition) is 1. The summed E-state index contributed by atoms with van der Waals surface area (Å²) in [5, 5.41) is 5.19. The van der Waals surface area contributed by atoms with Crippen molar-refractivity contribution >= 4 is 55.7 Å². The van der Waals surface area contributed by atoms with Crippen molar-refractivity contribution in [1.29, 1.82) is 0 Å². The fourth-order valence-corrected chi connectivity index (χ4v) is 4.26. The summed E-state index contributed by atoms with van der Waals surface area (Å²) < 4.78 is 2.05. The monoisotopic (exact) mass is 471 g/mol. The Kier molecular flexibility index (Phi) is 4.56. The zero-order chi connectivity index (χ0) is 14.8. The molecule has 3 aromatic rings. The van der Waals surface area contributed by atoms with Crippen molar-refractivity contribution < 1.29 is 0 Å². The van der Waals surface area contributed by atoms with E-state index in [9.17, 15) is 0 Å². The van der Waals surface area contributed by atoms with Crippen LogP contribution in [0, 0.1) is 3.57 Å². The van der Waals surface area contributed by atoms with E-state index in [1.165, 1.54) is 0 Å². The molecular weight excluding hydrogens is 461 g/mol. The third-order valence-corrected chi connectivity index (χ3v) is 5.81. The first kappa shape index (κ1) is 14.9. The molecule has 0 atom stereocenters. The summed E-state index contributed by atoms with van der Waals surface area (Å²) in [7, 11) is 1.88. The van der Waals surface area contributed by atoms with Gasteiger partial charge in [-0.3, -0.25) is 0 Å². The van der Waals surface area contributed by atoms with Gasteiger partial charge in [-0.1, -0.05) is 30.3 Å². The quantitative estimate of drug-likeness (QED) is 0.528. The van der Waals surface area contributed by atoms with Crippen LogP contribution in [0.25, 0.3) is 22.0 Å². The van der Waals surface area contributed by atoms with Crippen molar-refractivity contribution in [2.45, 2.75) is 0 Å². The molecule has 1 aromatic carbocycles. The van der Waals surface area contributed by atoms with Crippen molar-refractivity contribution in [1.82, 2.24) is 9.97 Å². The van der Waals surface area contributed by atoms with Crippen molar-refractivity contribution in [3.8, 4) is 22.0 Å². The lowest BCUT2D eigenvalue weighted by molar-refractivity contribution is 1.16. The van der Waals surface area contributed by atoms with Gasteiger partial charge in [-0.15, -0.1) is 11.3 Å². The lowest BCUT2D eigenvalue weighted by Gasteiger charge is -2.11. The molecule has 3 rings (SSSR count). The summed E-state index contributed by atoms with van der Waals surface area (Å²) in [6.45, 7) is 0. The van der Waals surface area contributed by atoms with Crippen LogP contribution in [-0.4, -0.2) is 17.0 Å². The Morgan fingerprint density at radius 2 is 1.90 bits per heavy atom. The van der Waals surface area contributed by atoms with E-state index in [-0.39, 0.29) is 0 Å². The van der Waals surface area contributed by atoms with Crippen LogP contribution in [0.3, 0.4) is 0 Å². The van der Waals surface area contributed by atoms with Crippen LogP contribution in [0.4, 0.5) is 5.82 Å². The maximum absolute atomic E-state index is 4.78. The molecule has 21 heavy (non-hydrogen) atoms. The second kappa shape index (κ2) is 6.41. The van der Waals surface area contributed by atoms with Crippen molar-refractivity contribution in [3.63, 3.8) is 0 Å². The number of nitrogens with zero attached hydrogens (tertiary/aromatic N) is 2. The molecule has 0 spiro atoms. The lowest BCUT2D eigenvalue weighted by atomic mass is 10.1. The summed E-state index contributed by atoms with van der Waals surface area (Å²) in [5.41, 5.74) is 2.04. The third-order valence-electron chi connectivity index (χ3n) is 2.96. The summed E-state index contributed by atoms with van der Waals surface area (Å²) in [6.07, 6.45) is 0. The van der Waals surface area contributed by atoms with Gasteiger partial charge in [0.15, 0.2) is 5.82 Å². The predicted octanol–water partition coefficient (Wildman–Crippen LogP) is 5.28. The first-order valence-corrected chi connectivity index (χ1v) is 9.00. The molecule has 0 aliphatic heterocycles. The van der Waals surface area contributed by atoms with Crippen LogP contribution in [-0.2, 0) is 0 Å². The van der Waals surface area contributed by atoms with Crippen LogP contribution >= 0.6 is 49.9 Å². The molecule has 0 saturated heterocycles. The van der Waals surface area contributed by atoms with E-state index in [0.29, 0.717) is 0 Å². The molecule has 0 bridgehead atoms. The summed E-state index contributed by atoms with van der Waals surface area (Å²) in [4.78, 5) is 10.4. The molecular formula is C15H11BrIN3S. The highest BCUT2D eigenvalue weighted by Crippen LogP contribution is 2.35. The van der Waals surface area contributed by atoms with E-state index in [2.05, 4.69) is 61.0 Å². The zero-order valence-corrected chi connectivity index (χ0v) is 15.7. The molecule has 0 amide bonds. The van der Waals surface area contributed by atoms with Crippen molar-refractivity contribution in [2.75, 3.05) is 12.4 Å². The molecule has 2 aromatic heterocycles. The fraction of sp³-hybridized carbons (Fsp3) is 0.0667. The minimum atomic E-state index is 0.737. The van der Waals surface area contributed by atoms with Gasteiger partial charge in [-0.2, -0.15) is 0 Å². The van der Waals surface area contributed by atoms with Gasteiger partial charge in [0.1, 0.15) is 5.82 Å². The van der Waals surface area contributed by atoms with E-state index < -0.39 is 0 Å². The maximum atomic E-state index is 4.78. The second-order valence-corrected chi connectivity index (χ2v) is 7.12. The van der Waals surface area contributed by atoms with E-state index in [0.717, 1.165) is 35.8 Å². The predicted molar refractivity (Wildman–Crippen MR) is 101 cm³/mol. The Hall–Kier alpha value is -0.990. The normalized spacial score (nSPS) is 10.6. The van der Waals surface area contributed by atoms with Crippen LogP contribution in [0.2, 0.25) is 0 Å². The van der Waals surface area contributed by atoms with Gasteiger partial charge in [-0.25, -0.2) is 9.97 Å². The largest absolute Gasteiger partial charge is 0.372 e. The number of hydrogen-bond acceptors (Lipinski definition) is 4. The average Bonchev–Trinajstić information content (AvgIpc) is 2.94. The molecule has 0 saturated carbocycles. The first-order chi connectivity index (χ1) is 10.2. The maximum Gasteiger partial charge on any atom is 0.173 e. The molecule has 0 fully saturated rings. The Bertz CT molecular complexity index is 774. The molecule has 0 unspecified atom stereocenters. The number of benzene rings is 1. The number of aromatic nitrogens is 2. The minimum absolute atomic E-state index is 0.737. The van der Waals surface area contributed by atoms with Gasteiger partial charge in [0.05, 0.1) is 14.1 Å². The number of halogens is 2. The van der Waals surface area contributed by atoms with E-state index in [4.69, 9.17) is 4.98 Å². The third kappa shape index (κ3) is 2.97. The van der Waals surface area contributed by atoms with Crippen LogP contribution in [0.1, 0.15) is 0 Å². The molecule has 0 aliphatic rings. The van der Waals surface area contributed by atoms with Crippen molar-refractivity contribution in [2.24, 2.45) is 0 Å². The number of anilines is 1. The van der Waals surface area contributed by atoms with Gasteiger partial charge >= 0.3 is 0 Å². The molecule has 2 heterocycles. The Morgan fingerprint density at radius 3 is 2.52 bits per heavy atom. The Labute approximate surface area is 149 Å². The van der Waals surface area contributed by atoms with E-state index >= 15 is 0 Å². The van der Waals surface area contributed by atoms with Gasteiger partial charge in [0.2, 0.25) is 0 Å². The van der Waals surface area contributed by atoms with Gasteiger partial charge in [0.25, 0.3) is 0 Å². The van der Waals surface area contributed by atoms with Gasteiger partial charge in [-0.05, 0) is 50.0 Å². The van der Waals surface area contributed by atoms with Gasteiger partial charge in [0, 0.05) is 17.1 Å². The number of thiophene rings is 1. The Morgan fingerprint density at radius 1 is 1.14 bits per heavy atom. The van der Waals surface area contributed by atoms with Gasteiger partial charge < -0.3 is 5.32 Å². The van der Waals surface area contributed by atoms with E-state index in [1.807, 2.05) is 36.7 Å². The molecule has 106 valence electrons. The van der Waals surface area contributed by atoms with Crippen LogP contribution in [0.15, 0.2) is 46.3 Å². The zero-order valence-electron chi connectivity index (χ0n) is 11.1. The fourth-order valence-electron chi connectivity index (χ4n) is 1.95.